The van der Waals surface area contributed by atoms with Gasteiger partial charge in [-0.05, 0) is 42.2 Å². The number of carbonyl (C=O) groups excluding carboxylic acids is 1. The summed E-state index contributed by atoms with van der Waals surface area (Å²) in [5.41, 5.74) is 4.20. The molecule has 3 aromatic carbocycles. The first kappa shape index (κ1) is 19.8. The van der Waals surface area contributed by atoms with E-state index in [0.717, 1.165) is 33.2 Å². The maximum Gasteiger partial charge on any atom is 0.262 e. The molecule has 4 rings (SSSR count). The molecule has 1 amide bonds. The summed E-state index contributed by atoms with van der Waals surface area (Å²) in [5, 5.41) is 4.83. The number of furan rings is 1. The molecule has 0 aliphatic carbocycles. The van der Waals surface area contributed by atoms with Crippen LogP contribution in [-0.4, -0.2) is 19.6 Å². The van der Waals surface area contributed by atoms with Gasteiger partial charge in [-0.2, -0.15) is 0 Å². The lowest BCUT2D eigenvalue weighted by molar-refractivity contribution is -0.118. The van der Waals surface area contributed by atoms with Crippen molar-refractivity contribution in [3.05, 3.63) is 65.7 Å². The molecule has 154 valence electrons. The highest BCUT2D eigenvalue weighted by molar-refractivity contribution is 6.07. The number of carbonyl (C=O) groups is 1. The van der Waals surface area contributed by atoms with Crippen LogP contribution in [0.15, 0.2) is 59.0 Å². The number of hydrogen-bond donors (Lipinski definition) is 1. The number of hydrogen-bond acceptors (Lipinski definition) is 4. The second kappa shape index (κ2) is 8.11. The first-order chi connectivity index (χ1) is 14.5. The van der Waals surface area contributed by atoms with Crippen LogP contribution in [0, 0.1) is 6.92 Å². The van der Waals surface area contributed by atoms with Crippen LogP contribution in [0.2, 0.25) is 0 Å². The molecule has 4 aromatic rings. The highest BCUT2D eigenvalue weighted by atomic mass is 16.5. The van der Waals surface area contributed by atoms with E-state index in [0.29, 0.717) is 22.9 Å². The zero-order valence-corrected chi connectivity index (χ0v) is 17.6. The van der Waals surface area contributed by atoms with Gasteiger partial charge >= 0.3 is 0 Å². The van der Waals surface area contributed by atoms with E-state index in [1.165, 1.54) is 0 Å². The largest absolute Gasteiger partial charge is 0.495 e. The van der Waals surface area contributed by atoms with Crippen molar-refractivity contribution in [2.45, 2.75) is 26.7 Å². The number of ether oxygens (including phenoxy) is 2. The highest BCUT2D eigenvalue weighted by Crippen LogP contribution is 2.36. The number of anilines is 1. The maximum absolute atomic E-state index is 12.6. The number of rotatable bonds is 6. The van der Waals surface area contributed by atoms with Crippen LogP contribution in [0.1, 0.15) is 30.9 Å². The van der Waals surface area contributed by atoms with Crippen LogP contribution in [0.3, 0.4) is 0 Å². The fourth-order valence-corrected chi connectivity index (χ4v) is 3.59. The molecule has 0 fully saturated rings. The Hall–Kier alpha value is -3.47. The topological polar surface area (TPSA) is 60.7 Å². The van der Waals surface area contributed by atoms with E-state index in [2.05, 4.69) is 25.2 Å². The fourth-order valence-electron chi connectivity index (χ4n) is 3.59. The Kier molecular flexibility index (Phi) is 5.36. The molecule has 5 nitrogen and oxygen atoms in total. The summed E-state index contributed by atoms with van der Waals surface area (Å²) in [6.45, 7) is 6.12. The molecule has 0 unspecified atom stereocenters. The van der Waals surface area contributed by atoms with Crippen LogP contribution in [0.4, 0.5) is 5.69 Å². The Labute approximate surface area is 175 Å². The van der Waals surface area contributed by atoms with Gasteiger partial charge in [-0.3, -0.25) is 4.79 Å². The number of fused-ring (bicyclic) bond motifs is 3. The lowest BCUT2D eigenvalue weighted by atomic mass is 10.0. The van der Waals surface area contributed by atoms with Crippen LogP contribution in [0.5, 0.6) is 11.5 Å². The molecule has 0 atom stereocenters. The Morgan fingerprint density at radius 1 is 1.00 bits per heavy atom. The lowest BCUT2D eigenvalue weighted by Gasteiger charge is -2.15. The van der Waals surface area contributed by atoms with E-state index in [4.69, 9.17) is 13.9 Å². The molecule has 1 N–H and O–H groups in total. The smallest absolute Gasteiger partial charge is 0.262 e. The molecule has 0 bridgehead atoms. The van der Waals surface area contributed by atoms with Gasteiger partial charge in [0.15, 0.2) is 6.61 Å². The molecular weight excluding hydrogens is 378 g/mol. The predicted molar refractivity (Wildman–Crippen MR) is 120 cm³/mol. The average Bonchev–Trinajstić information content (AvgIpc) is 3.08. The summed E-state index contributed by atoms with van der Waals surface area (Å²) in [7, 11) is 1.58. The molecule has 0 radical (unpaired) electrons. The molecule has 0 spiro atoms. The van der Waals surface area contributed by atoms with Crippen LogP contribution >= 0.6 is 0 Å². The molecule has 0 aliphatic rings. The number of benzene rings is 3. The quantitative estimate of drug-likeness (QED) is 0.426. The van der Waals surface area contributed by atoms with Crippen LogP contribution < -0.4 is 14.8 Å². The van der Waals surface area contributed by atoms with Gasteiger partial charge in [-0.15, -0.1) is 0 Å². The molecule has 5 heteroatoms. The fraction of sp³-hybridized carbons (Fsp3) is 0.240. The number of aryl methyl sites for hydroxylation is 1. The van der Waals surface area contributed by atoms with Crippen molar-refractivity contribution in [3.8, 4) is 11.5 Å². The van der Waals surface area contributed by atoms with E-state index in [1.807, 2.05) is 49.4 Å². The molecule has 0 saturated carbocycles. The standard InChI is InChI=1S/C25H25NO4/c1-15(2)17-10-9-16(3)11-22(17)29-14-25(27)26-20-13-23-19(12-24(20)28-4)18-7-5-6-8-21(18)30-23/h5-13,15H,14H2,1-4H3,(H,26,27). The van der Waals surface area contributed by atoms with Gasteiger partial charge in [-0.1, -0.05) is 44.2 Å². The Balaban J connectivity index is 1.56. The van der Waals surface area contributed by atoms with Crippen molar-refractivity contribution in [2.75, 3.05) is 19.0 Å². The first-order valence-electron chi connectivity index (χ1n) is 9.98. The van der Waals surface area contributed by atoms with Gasteiger partial charge in [0.05, 0.1) is 12.8 Å². The van der Waals surface area contributed by atoms with Gasteiger partial charge < -0.3 is 19.2 Å². The summed E-state index contributed by atoms with van der Waals surface area (Å²) in [5.74, 6) is 1.35. The number of para-hydroxylation sites is 1. The van der Waals surface area contributed by atoms with Crippen LogP contribution in [0.25, 0.3) is 21.9 Å². The van der Waals surface area contributed by atoms with Crippen molar-refractivity contribution >= 4 is 33.5 Å². The zero-order valence-electron chi connectivity index (χ0n) is 17.6. The third-order valence-electron chi connectivity index (χ3n) is 5.12. The monoisotopic (exact) mass is 403 g/mol. The van der Waals surface area contributed by atoms with Crippen molar-refractivity contribution < 1.29 is 18.7 Å². The predicted octanol–water partition coefficient (Wildman–Crippen LogP) is 6.04. The number of nitrogens with one attached hydrogen (secondary N) is 1. The van der Waals surface area contributed by atoms with E-state index >= 15 is 0 Å². The Morgan fingerprint density at radius 2 is 1.80 bits per heavy atom. The highest BCUT2D eigenvalue weighted by Gasteiger charge is 2.15. The van der Waals surface area contributed by atoms with Gasteiger partial charge in [0, 0.05) is 16.8 Å². The SMILES string of the molecule is COc1cc2c(cc1NC(=O)COc1cc(C)ccc1C(C)C)oc1ccccc12. The number of amides is 1. The third kappa shape index (κ3) is 3.83. The van der Waals surface area contributed by atoms with Crippen molar-refractivity contribution in [2.24, 2.45) is 0 Å². The lowest BCUT2D eigenvalue weighted by Crippen LogP contribution is -2.21. The first-order valence-corrected chi connectivity index (χ1v) is 9.98. The Bertz CT molecular complexity index is 1220. The normalized spacial score (nSPS) is 11.2. The van der Waals surface area contributed by atoms with E-state index in [-0.39, 0.29) is 12.5 Å². The molecular formula is C25H25NO4. The minimum Gasteiger partial charge on any atom is -0.495 e. The van der Waals surface area contributed by atoms with Crippen molar-refractivity contribution in [3.63, 3.8) is 0 Å². The third-order valence-corrected chi connectivity index (χ3v) is 5.12. The number of methoxy groups -OCH3 is 1. The van der Waals surface area contributed by atoms with E-state index < -0.39 is 0 Å². The van der Waals surface area contributed by atoms with Gasteiger partial charge in [0.25, 0.3) is 5.91 Å². The second-order valence-electron chi connectivity index (χ2n) is 7.68. The summed E-state index contributed by atoms with van der Waals surface area (Å²) in [4.78, 5) is 12.6. The van der Waals surface area contributed by atoms with Gasteiger partial charge in [0.2, 0.25) is 0 Å². The molecule has 1 aromatic heterocycles. The van der Waals surface area contributed by atoms with Gasteiger partial charge in [0.1, 0.15) is 22.7 Å². The summed E-state index contributed by atoms with van der Waals surface area (Å²) >= 11 is 0. The second-order valence-corrected chi connectivity index (χ2v) is 7.68. The minimum absolute atomic E-state index is 0.0928. The average molecular weight is 403 g/mol. The Morgan fingerprint density at radius 3 is 2.57 bits per heavy atom. The summed E-state index contributed by atoms with van der Waals surface area (Å²) < 4.78 is 17.3. The molecule has 30 heavy (non-hydrogen) atoms. The molecule has 0 aliphatic heterocycles. The van der Waals surface area contributed by atoms with Crippen LogP contribution in [-0.2, 0) is 4.79 Å². The summed E-state index contributed by atoms with van der Waals surface area (Å²) in [6.07, 6.45) is 0. The van der Waals surface area contributed by atoms with Gasteiger partial charge in [-0.25, -0.2) is 0 Å². The molecule has 0 saturated heterocycles. The van der Waals surface area contributed by atoms with Crippen molar-refractivity contribution in [1.29, 1.82) is 0 Å². The van der Waals surface area contributed by atoms with E-state index in [1.54, 1.807) is 13.2 Å². The zero-order chi connectivity index (χ0) is 21.3. The summed E-state index contributed by atoms with van der Waals surface area (Å²) in [6, 6.07) is 17.5. The van der Waals surface area contributed by atoms with Crippen molar-refractivity contribution in [1.82, 2.24) is 0 Å². The van der Waals surface area contributed by atoms with E-state index in [9.17, 15) is 4.79 Å². The molecule has 1 heterocycles. The minimum atomic E-state index is -0.264. The maximum atomic E-state index is 12.6.